The van der Waals surface area contributed by atoms with Crippen LogP contribution in [-0.2, 0) is 6.42 Å². The quantitative estimate of drug-likeness (QED) is 0.888. The largest absolute Gasteiger partial charge is 0.390 e. The molecule has 2 unspecified atom stereocenters. The summed E-state index contributed by atoms with van der Waals surface area (Å²) in [7, 11) is 0. The van der Waals surface area contributed by atoms with Crippen LogP contribution in [0.15, 0.2) is 36.9 Å². The first kappa shape index (κ1) is 16.0. The van der Waals surface area contributed by atoms with E-state index in [1.54, 1.807) is 11.0 Å². The highest BCUT2D eigenvalue weighted by Gasteiger charge is 2.34. The van der Waals surface area contributed by atoms with Crippen LogP contribution in [-0.4, -0.2) is 26.0 Å². The summed E-state index contributed by atoms with van der Waals surface area (Å²) in [5.41, 5.74) is 0.886. The molecule has 0 radical (unpaired) electrons. The fourth-order valence-electron chi connectivity index (χ4n) is 2.70. The lowest BCUT2D eigenvalue weighted by Gasteiger charge is -2.35. The van der Waals surface area contributed by atoms with Crippen molar-refractivity contribution < 1.29 is 5.11 Å². The first-order valence-corrected chi connectivity index (χ1v) is 7.58. The van der Waals surface area contributed by atoms with Crippen molar-refractivity contribution in [2.24, 2.45) is 5.41 Å². The molecule has 0 saturated carbocycles. The van der Waals surface area contributed by atoms with Crippen LogP contribution in [0.5, 0.6) is 0 Å². The van der Waals surface area contributed by atoms with Gasteiger partial charge in [0.15, 0.2) is 0 Å². The molecule has 114 valence electrons. The number of hydrogen-bond acceptors (Lipinski definition) is 3. The van der Waals surface area contributed by atoms with Crippen molar-refractivity contribution in [2.75, 3.05) is 0 Å². The molecule has 1 N–H and O–H groups in total. The fourth-order valence-corrected chi connectivity index (χ4v) is 2.82. The summed E-state index contributed by atoms with van der Waals surface area (Å²) >= 11 is 5.92. The molecule has 0 amide bonds. The second-order valence-electron chi connectivity index (χ2n) is 6.09. The van der Waals surface area contributed by atoms with Gasteiger partial charge in [0.2, 0.25) is 0 Å². The number of nitrogens with zero attached hydrogens (tertiary/aromatic N) is 3. The van der Waals surface area contributed by atoms with Gasteiger partial charge in [-0.1, -0.05) is 44.5 Å². The van der Waals surface area contributed by atoms with Gasteiger partial charge in [0, 0.05) is 5.02 Å². The van der Waals surface area contributed by atoms with Gasteiger partial charge in [-0.15, -0.1) is 0 Å². The molecule has 1 heterocycles. The van der Waals surface area contributed by atoms with Crippen molar-refractivity contribution in [3.05, 3.63) is 47.5 Å². The summed E-state index contributed by atoms with van der Waals surface area (Å²) in [6, 6.07) is 7.71. The number of rotatable bonds is 6. The van der Waals surface area contributed by atoms with Gasteiger partial charge in [-0.25, -0.2) is 9.67 Å². The van der Waals surface area contributed by atoms with Crippen molar-refractivity contribution in [2.45, 2.75) is 45.8 Å². The number of benzene rings is 1. The minimum Gasteiger partial charge on any atom is -0.390 e. The molecule has 21 heavy (non-hydrogen) atoms. The van der Waals surface area contributed by atoms with E-state index < -0.39 is 6.10 Å². The molecule has 0 aliphatic heterocycles. The maximum Gasteiger partial charge on any atom is 0.137 e. The van der Waals surface area contributed by atoms with Gasteiger partial charge in [0.05, 0.1) is 12.1 Å². The van der Waals surface area contributed by atoms with Gasteiger partial charge < -0.3 is 5.11 Å². The van der Waals surface area contributed by atoms with E-state index in [-0.39, 0.29) is 11.5 Å². The summed E-state index contributed by atoms with van der Waals surface area (Å²) in [4.78, 5) is 3.98. The van der Waals surface area contributed by atoms with Gasteiger partial charge in [-0.05, 0) is 36.0 Å². The third-order valence-corrected chi connectivity index (χ3v) is 4.18. The van der Waals surface area contributed by atoms with Crippen molar-refractivity contribution in [1.29, 1.82) is 0 Å². The van der Waals surface area contributed by atoms with Crippen LogP contribution in [0.3, 0.4) is 0 Å². The SMILES string of the molecule is CCC(C(O)C(C)(C)Cc1ccc(Cl)cc1)n1cncn1. The molecule has 0 aliphatic carbocycles. The Hall–Kier alpha value is -1.39. The predicted molar refractivity (Wildman–Crippen MR) is 84.3 cm³/mol. The molecule has 0 bridgehead atoms. The van der Waals surface area contributed by atoms with Crippen LogP contribution >= 0.6 is 11.6 Å². The number of hydrogen-bond donors (Lipinski definition) is 1. The zero-order valence-electron chi connectivity index (χ0n) is 12.7. The van der Waals surface area contributed by atoms with Crippen molar-refractivity contribution in [3.8, 4) is 0 Å². The lowest BCUT2D eigenvalue weighted by molar-refractivity contribution is 0.000846. The van der Waals surface area contributed by atoms with Crippen LogP contribution in [0.1, 0.15) is 38.8 Å². The summed E-state index contributed by atoms with van der Waals surface area (Å²) in [5.74, 6) is 0. The van der Waals surface area contributed by atoms with Gasteiger partial charge in [-0.3, -0.25) is 0 Å². The average molecular weight is 308 g/mol. The number of aliphatic hydroxyl groups is 1. The van der Waals surface area contributed by atoms with Gasteiger partial charge >= 0.3 is 0 Å². The summed E-state index contributed by atoms with van der Waals surface area (Å²) in [6.45, 7) is 6.20. The molecule has 1 aromatic carbocycles. The van der Waals surface area contributed by atoms with E-state index in [1.165, 1.54) is 6.33 Å². The van der Waals surface area contributed by atoms with Crippen molar-refractivity contribution in [3.63, 3.8) is 0 Å². The minimum atomic E-state index is -0.514. The topological polar surface area (TPSA) is 50.9 Å². The van der Waals surface area contributed by atoms with E-state index in [0.29, 0.717) is 0 Å². The Morgan fingerprint density at radius 2 is 1.95 bits per heavy atom. The zero-order valence-corrected chi connectivity index (χ0v) is 13.5. The van der Waals surface area contributed by atoms with Crippen molar-refractivity contribution in [1.82, 2.24) is 14.8 Å². The highest BCUT2D eigenvalue weighted by Crippen LogP contribution is 2.33. The molecule has 5 heteroatoms. The number of aliphatic hydroxyl groups excluding tert-OH is 1. The monoisotopic (exact) mass is 307 g/mol. The third kappa shape index (κ3) is 3.83. The van der Waals surface area contributed by atoms with Crippen LogP contribution < -0.4 is 0 Å². The van der Waals surface area contributed by atoms with Gasteiger partial charge in [0.25, 0.3) is 0 Å². The Balaban J connectivity index is 2.15. The lowest BCUT2D eigenvalue weighted by atomic mass is 9.77. The van der Waals surface area contributed by atoms with E-state index in [4.69, 9.17) is 11.6 Å². The molecule has 1 aromatic heterocycles. The molecule has 0 spiro atoms. The maximum atomic E-state index is 10.8. The Morgan fingerprint density at radius 3 is 2.48 bits per heavy atom. The first-order chi connectivity index (χ1) is 9.94. The van der Waals surface area contributed by atoms with E-state index in [2.05, 4.69) is 23.9 Å². The lowest BCUT2D eigenvalue weighted by Crippen LogP contribution is -2.39. The Labute approximate surface area is 130 Å². The zero-order chi connectivity index (χ0) is 15.5. The van der Waals surface area contributed by atoms with Gasteiger partial charge in [-0.2, -0.15) is 5.10 Å². The Morgan fingerprint density at radius 1 is 1.29 bits per heavy atom. The highest BCUT2D eigenvalue weighted by atomic mass is 35.5. The molecule has 0 saturated heterocycles. The summed E-state index contributed by atoms with van der Waals surface area (Å²) in [5, 5.41) is 15.7. The normalized spacial score (nSPS) is 14.9. The predicted octanol–water partition coefficient (Wildman–Crippen LogP) is 3.51. The van der Waals surface area contributed by atoms with Crippen LogP contribution in [0.4, 0.5) is 0 Å². The van der Waals surface area contributed by atoms with Crippen LogP contribution in [0.25, 0.3) is 0 Å². The first-order valence-electron chi connectivity index (χ1n) is 7.20. The fraction of sp³-hybridized carbons (Fsp3) is 0.500. The van der Waals surface area contributed by atoms with E-state index >= 15 is 0 Å². The number of aromatic nitrogens is 3. The second-order valence-corrected chi connectivity index (χ2v) is 6.52. The third-order valence-electron chi connectivity index (χ3n) is 3.93. The van der Waals surface area contributed by atoms with Gasteiger partial charge in [0.1, 0.15) is 12.7 Å². The average Bonchev–Trinajstić information content (AvgIpc) is 2.96. The summed E-state index contributed by atoms with van der Waals surface area (Å²) < 4.78 is 1.74. The molecule has 2 aromatic rings. The van der Waals surface area contributed by atoms with E-state index in [9.17, 15) is 5.11 Å². The summed E-state index contributed by atoms with van der Waals surface area (Å²) in [6.07, 6.45) is 4.22. The Kier molecular flexibility index (Phi) is 5.01. The molecule has 0 aliphatic rings. The number of halogens is 1. The molecule has 4 nitrogen and oxygen atoms in total. The molecule has 0 fully saturated rings. The molecule has 2 rings (SSSR count). The maximum absolute atomic E-state index is 10.8. The van der Waals surface area contributed by atoms with Crippen LogP contribution in [0.2, 0.25) is 5.02 Å². The smallest absolute Gasteiger partial charge is 0.137 e. The second kappa shape index (κ2) is 6.58. The minimum absolute atomic E-state index is 0.0743. The molecular weight excluding hydrogens is 286 g/mol. The molecular formula is C16H22ClN3O. The van der Waals surface area contributed by atoms with E-state index in [0.717, 1.165) is 23.4 Å². The highest BCUT2D eigenvalue weighted by molar-refractivity contribution is 6.30. The Bertz CT molecular complexity index is 551. The van der Waals surface area contributed by atoms with Crippen LogP contribution in [0, 0.1) is 5.41 Å². The standard InChI is InChI=1S/C16H22ClN3O/c1-4-14(20-11-18-10-19-20)15(21)16(2,3)9-12-5-7-13(17)8-6-12/h5-8,10-11,14-15,21H,4,9H2,1-3H3. The molecule has 2 atom stereocenters. The van der Waals surface area contributed by atoms with E-state index in [1.807, 2.05) is 31.2 Å². The van der Waals surface area contributed by atoms with Crippen molar-refractivity contribution >= 4 is 11.6 Å².